The van der Waals surface area contributed by atoms with Crippen LogP contribution in [-0.4, -0.2) is 12.6 Å². The molecule has 0 aromatic carbocycles. The van der Waals surface area contributed by atoms with E-state index in [1.54, 1.807) is 0 Å². The van der Waals surface area contributed by atoms with Crippen molar-refractivity contribution in [1.82, 2.24) is 4.57 Å². The summed E-state index contributed by atoms with van der Waals surface area (Å²) in [7, 11) is -0.855. The predicted molar refractivity (Wildman–Crippen MR) is 93.9 cm³/mol. The van der Waals surface area contributed by atoms with Crippen molar-refractivity contribution in [2.75, 3.05) is 0 Å². The Labute approximate surface area is 132 Å². The minimum Gasteiger partial charge on any atom is -0.237 e. The zero-order valence-corrected chi connectivity index (χ0v) is 15.5. The van der Waals surface area contributed by atoms with Crippen LogP contribution < -0.4 is 4.57 Å². The number of nitrogens with zero attached hydrogens (tertiary/aromatic N) is 2. The number of hydrogen-bond donors (Lipinski definition) is 0. The van der Waals surface area contributed by atoms with E-state index in [0.717, 1.165) is 19.5 Å². The molecule has 1 heterocycles. The molecule has 1 aromatic heterocycles. The molecule has 0 spiro atoms. The van der Waals surface area contributed by atoms with Gasteiger partial charge < -0.3 is 0 Å². The molecule has 0 aliphatic heterocycles. The number of unbranched alkanes of at least 4 members (excludes halogenated alkanes) is 4. The molecular formula is C18H33N2Si+. The lowest BCUT2D eigenvalue weighted by atomic mass is 10.2. The fourth-order valence-corrected chi connectivity index (χ4v) is 3.62. The van der Waals surface area contributed by atoms with E-state index < -0.39 is 8.07 Å². The predicted octanol–water partition coefficient (Wildman–Crippen LogP) is 4.48. The summed E-state index contributed by atoms with van der Waals surface area (Å²) in [5, 5.41) is 0. The molecule has 0 atom stereocenters. The molecule has 0 saturated carbocycles. The summed E-state index contributed by atoms with van der Waals surface area (Å²) in [6.07, 6.45) is 14.0. The molecule has 1 rings (SSSR count). The van der Waals surface area contributed by atoms with Gasteiger partial charge in [-0.15, -0.1) is 0 Å². The van der Waals surface area contributed by atoms with Gasteiger partial charge in [-0.05, 0) is 12.8 Å². The molecule has 0 fully saturated rings. The van der Waals surface area contributed by atoms with E-state index in [9.17, 15) is 0 Å². The average Bonchev–Trinajstić information content (AvgIpc) is 2.86. The Morgan fingerprint density at radius 1 is 1.05 bits per heavy atom. The van der Waals surface area contributed by atoms with Gasteiger partial charge in [-0.25, -0.2) is 9.13 Å². The fourth-order valence-electron chi connectivity index (χ4n) is 2.31. The highest BCUT2D eigenvalue weighted by molar-refractivity contribution is 6.76. The molecule has 0 bridgehead atoms. The molecule has 0 amide bonds. The first kappa shape index (κ1) is 18.0. The van der Waals surface area contributed by atoms with Gasteiger partial charge in [-0.3, -0.25) is 0 Å². The standard InChI is InChI=1S/C18H33N2Si/c1-5-6-7-8-9-10-13-19-15-16-20(18-19)14-11-12-17-21(2,3)4/h15-16,18H,5-8,11-14,17H2,1-4H3/q+1. The van der Waals surface area contributed by atoms with Gasteiger partial charge in [0.25, 0.3) is 0 Å². The summed E-state index contributed by atoms with van der Waals surface area (Å²) in [5.74, 6) is 6.54. The largest absolute Gasteiger partial charge is 0.244 e. The molecule has 0 aliphatic rings. The van der Waals surface area contributed by atoms with Crippen molar-refractivity contribution in [3.63, 3.8) is 0 Å². The van der Waals surface area contributed by atoms with Gasteiger partial charge in [-0.1, -0.05) is 63.7 Å². The van der Waals surface area contributed by atoms with Crippen LogP contribution in [0.15, 0.2) is 18.7 Å². The third kappa shape index (κ3) is 9.52. The van der Waals surface area contributed by atoms with Crippen molar-refractivity contribution >= 4 is 8.07 Å². The highest BCUT2D eigenvalue weighted by Gasteiger charge is 2.12. The third-order valence-corrected chi connectivity index (χ3v) is 5.48. The van der Waals surface area contributed by atoms with Gasteiger partial charge in [0.05, 0.1) is 6.54 Å². The Morgan fingerprint density at radius 3 is 2.57 bits per heavy atom. The summed E-state index contributed by atoms with van der Waals surface area (Å²) >= 11 is 0. The van der Waals surface area contributed by atoms with Gasteiger partial charge in [0, 0.05) is 14.5 Å². The third-order valence-electron chi connectivity index (χ3n) is 3.63. The van der Waals surface area contributed by atoms with E-state index >= 15 is 0 Å². The van der Waals surface area contributed by atoms with Gasteiger partial charge >= 0.3 is 0 Å². The van der Waals surface area contributed by atoms with Gasteiger partial charge in [-0.2, -0.15) is 0 Å². The Hall–Kier alpha value is -1.01. The highest BCUT2D eigenvalue weighted by Crippen LogP contribution is 2.12. The summed E-state index contributed by atoms with van der Waals surface area (Å²) in [6, 6.07) is 1.44. The Kier molecular flexibility index (Phi) is 8.45. The molecule has 21 heavy (non-hydrogen) atoms. The highest BCUT2D eigenvalue weighted by atomic mass is 28.3. The van der Waals surface area contributed by atoms with Crippen LogP contribution in [0.4, 0.5) is 0 Å². The number of aryl methyl sites for hydroxylation is 1. The molecule has 0 aliphatic carbocycles. The molecule has 0 N–H and O–H groups in total. The van der Waals surface area contributed by atoms with Gasteiger partial charge in [0.2, 0.25) is 6.33 Å². The maximum atomic E-state index is 3.27. The smallest absolute Gasteiger partial charge is 0.237 e. The number of aromatic nitrogens is 2. The molecule has 1 aromatic rings. The lowest BCUT2D eigenvalue weighted by Gasteiger charge is -2.14. The lowest BCUT2D eigenvalue weighted by Crippen LogP contribution is -2.31. The first-order valence-corrected chi connectivity index (χ1v) is 12.2. The van der Waals surface area contributed by atoms with Crippen molar-refractivity contribution in [3.05, 3.63) is 18.7 Å². The monoisotopic (exact) mass is 305 g/mol. The van der Waals surface area contributed by atoms with Crippen molar-refractivity contribution in [2.45, 2.75) is 84.2 Å². The zero-order valence-electron chi connectivity index (χ0n) is 14.5. The quantitative estimate of drug-likeness (QED) is 0.275. The summed E-state index contributed by atoms with van der Waals surface area (Å²) in [5.41, 5.74) is 0. The van der Waals surface area contributed by atoms with Crippen LogP contribution in [0.25, 0.3) is 0 Å². The Balaban J connectivity index is 2.20. The average molecular weight is 306 g/mol. The SMILES string of the molecule is CCCCCC#CCn1cc[n+](CCCC[Si](C)(C)C)c1. The van der Waals surface area contributed by atoms with E-state index in [-0.39, 0.29) is 0 Å². The van der Waals surface area contributed by atoms with Crippen LogP contribution in [0.2, 0.25) is 25.7 Å². The Bertz CT molecular complexity index is 446. The van der Waals surface area contributed by atoms with Crippen LogP contribution in [0.5, 0.6) is 0 Å². The summed E-state index contributed by atoms with van der Waals surface area (Å²) in [4.78, 5) is 0. The zero-order chi connectivity index (χ0) is 15.6. The molecular weight excluding hydrogens is 272 g/mol. The molecule has 0 unspecified atom stereocenters. The van der Waals surface area contributed by atoms with Crippen LogP contribution in [0.1, 0.15) is 45.4 Å². The fraction of sp³-hybridized carbons (Fsp3) is 0.722. The van der Waals surface area contributed by atoms with Crippen LogP contribution in [0, 0.1) is 11.8 Å². The first-order valence-electron chi connectivity index (χ1n) is 8.52. The van der Waals surface area contributed by atoms with Crippen LogP contribution in [-0.2, 0) is 13.1 Å². The maximum absolute atomic E-state index is 3.27. The number of hydrogen-bond acceptors (Lipinski definition) is 0. The topological polar surface area (TPSA) is 8.81 Å². The lowest BCUT2D eigenvalue weighted by molar-refractivity contribution is -0.696. The van der Waals surface area contributed by atoms with Crippen LogP contribution in [0.3, 0.4) is 0 Å². The van der Waals surface area contributed by atoms with Crippen LogP contribution >= 0.6 is 0 Å². The number of rotatable bonds is 9. The molecule has 0 saturated heterocycles. The van der Waals surface area contributed by atoms with Gasteiger partial charge in [0.1, 0.15) is 12.4 Å². The minimum atomic E-state index is -0.855. The first-order chi connectivity index (χ1) is 10.0. The van der Waals surface area contributed by atoms with E-state index in [1.165, 1.54) is 38.1 Å². The Morgan fingerprint density at radius 2 is 1.86 bits per heavy atom. The van der Waals surface area contributed by atoms with E-state index in [4.69, 9.17) is 0 Å². The maximum Gasteiger partial charge on any atom is 0.244 e. The van der Waals surface area contributed by atoms with E-state index in [2.05, 4.69) is 66.3 Å². The second-order valence-electron chi connectivity index (χ2n) is 7.15. The molecule has 118 valence electrons. The summed E-state index contributed by atoms with van der Waals surface area (Å²) in [6.45, 7) is 11.6. The minimum absolute atomic E-state index is 0.827. The molecule has 2 nitrogen and oxygen atoms in total. The van der Waals surface area contributed by atoms with Crippen molar-refractivity contribution < 1.29 is 4.57 Å². The van der Waals surface area contributed by atoms with E-state index in [1.807, 2.05) is 0 Å². The van der Waals surface area contributed by atoms with E-state index in [0.29, 0.717) is 0 Å². The van der Waals surface area contributed by atoms with Crippen molar-refractivity contribution in [3.8, 4) is 11.8 Å². The van der Waals surface area contributed by atoms with Crippen molar-refractivity contribution in [1.29, 1.82) is 0 Å². The summed E-state index contributed by atoms with van der Waals surface area (Å²) < 4.78 is 4.48. The van der Waals surface area contributed by atoms with Crippen molar-refractivity contribution in [2.24, 2.45) is 0 Å². The molecule has 0 radical (unpaired) electrons. The molecule has 3 heteroatoms. The second kappa shape index (κ2) is 9.84. The van der Waals surface area contributed by atoms with Gasteiger partial charge in [0.15, 0.2) is 6.54 Å². The number of imidazole rings is 1. The normalized spacial score (nSPS) is 11.2. The second-order valence-corrected chi connectivity index (χ2v) is 12.8.